The van der Waals surface area contributed by atoms with Crippen LogP contribution in [0.25, 0.3) is 0 Å². The first-order chi connectivity index (χ1) is 19.9. The van der Waals surface area contributed by atoms with E-state index in [2.05, 4.69) is 4.74 Å². The van der Waals surface area contributed by atoms with Crippen LogP contribution in [0.15, 0.2) is 0 Å². The Morgan fingerprint density at radius 2 is 0.829 bits per heavy atom. The van der Waals surface area contributed by atoms with E-state index in [-0.39, 0.29) is 26.2 Å². The Bertz CT molecular complexity index is 815. The van der Waals surface area contributed by atoms with E-state index in [1.165, 1.54) is 0 Å². The van der Waals surface area contributed by atoms with Gasteiger partial charge in [0.1, 0.15) is 0 Å². The summed E-state index contributed by atoms with van der Waals surface area (Å²) >= 11 is 0. The van der Waals surface area contributed by atoms with Crippen molar-refractivity contribution in [3.8, 4) is 5.75 Å². The van der Waals surface area contributed by atoms with E-state index < -0.39 is 40.3 Å². The third-order valence-corrected chi connectivity index (χ3v) is 5.31. The lowest BCUT2D eigenvalue weighted by atomic mass is 10.3. The van der Waals surface area contributed by atoms with Gasteiger partial charge in [-0.15, -0.1) is 0 Å². The van der Waals surface area contributed by atoms with E-state index in [9.17, 15) is 22.4 Å². The minimum absolute atomic E-state index is 0.103. The summed E-state index contributed by atoms with van der Waals surface area (Å²) in [4.78, 5) is 11.8. The van der Waals surface area contributed by atoms with Crippen molar-refractivity contribution in [1.29, 1.82) is 0 Å². The fraction of sp³-hybridized carbons (Fsp3) is 0.720. The molecule has 16 heteroatoms. The van der Waals surface area contributed by atoms with Gasteiger partial charge in [0.15, 0.2) is 17.4 Å². The van der Waals surface area contributed by atoms with E-state index >= 15 is 0 Å². The van der Waals surface area contributed by atoms with Crippen molar-refractivity contribution in [1.82, 2.24) is 0 Å². The Hall–Kier alpha value is -1.52. The molecule has 0 saturated heterocycles. The fourth-order valence-electron chi connectivity index (χ4n) is 2.77. The zero-order valence-corrected chi connectivity index (χ0v) is 24.1. The average Bonchev–Trinajstić information content (AvgIpc) is 2.97. The molecule has 41 heavy (non-hydrogen) atoms. The quantitative estimate of drug-likeness (QED) is 0.0289. The molecule has 1 aromatic carbocycles. The highest BCUT2D eigenvalue weighted by atomic mass is 31.0. The summed E-state index contributed by atoms with van der Waals surface area (Å²) < 4.78 is 101. The molecule has 0 bridgehead atoms. The number of nitrogens with two attached hydrogens (primary N) is 1. The predicted molar refractivity (Wildman–Crippen MR) is 141 cm³/mol. The molecule has 1 atom stereocenters. The molecule has 2 N–H and O–H groups in total. The normalized spacial score (nSPS) is 11.4. The molecule has 0 aliphatic heterocycles. The first-order valence-corrected chi connectivity index (χ1v) is 13.6. The molecule has 238 valence electrons. The van der Waals surface area contributed by atoms with Gasteiger partial charge >= 0.3 is 5.97 Å². The van der Waals surface area contributed by atoms with Gasteiger partial charge in [0.25, 0.3) is 0 Å². The maximum atomic E-state index is 13.7. The number of halogens is 4. The number of esters is 1. The van der Waals surface area contributed by atoms with Crippen molar-refractivity contribution >= 4 is 20.5 Å². The van der Waals surface area contributed by atoms with Crippen molar-refractivity contribution in [2.45, 2.75) is 6.42 Å². The van der Waals surface area contributed by atoms with Crippen LogP contribution in [0, 0.1) is 23.3 Å². The summed E-state index contributed by atoms with van der Waals surface area (Å²) in [7, 11) is 1.66. The standard InChI is InChI=1S/C25H40F4NO10P/c26-20-21(27)23(29)25(41)24(22(20)28)40-19(31)1-3-32-5-7-34-9-11-36-13-15-38-17-18-39-16-14-37-12-10-35-8-6-33-4-2-30/h1-18,30,41H2. The van der Waals surface area contributed by atoms with Crippen LogP contribution in [0.1, 0.15) is 6.42 Å². The van der Waals surface area contributed by atoms with Gasteiger partial charge in [-0.1, -0.05) is 9.24 Å². The van der Waals surface area contributed by atoms with E-state index in [0.717, 1.165) is 0 Å². The molecule has 0 aliphatic carbocycles. The molecule has 0 radical (unpaired) electrons. The predicted octanol–water partition coefficient (Wildman–Crippen LogP) is 1.13. The third kappa shape index (κ3) is 17.9. The smallest absolute Gasteiger partial charge is 0.313 e. The molecule has 0 spiro atoms. The van der Waals surface area contributed by atoms with Gasteiger partial charge in [-0.05, 0) is 0 Å². The van der Waals surface area contributed by atoms with Crippen LogP contribution in [0.3, 0.4) is 0 Å². The molecule has 0 aliphatic rings. The lowest BCUT2D eigenvalue weighted by Crippen LogP contribution is -2.20. The molecule has 0 heterocycles. The number of rotatable bonds is 27. The maximum Gasteiger partial charge on any atom is 0.313 e. The number of hydrogen-bond acceptors (Lipinski definition) is 11. The summed E-state index contributed by atoms with van der Waals surface area (Å²) in [5.41, 5.74) is 5.30. The Morgan fingerprint density at radius 1 is 0.512 bits per heavy atom. The van der Waals surface area contributed by atoms with Crippen LogP contribution in [-0.4, -0.2) is 118 Å². The van der Waals surface area contributed by atoms with Gasteiger partial charge < -0.3 is 48.4 Å². The highest BCUT2D eigenvalue weighted by molar-refractivity contribution is 7.27. The number of hydrogen-bond donors (Lipinski definition) is 1. The Morgan fingerprint density at radius 3 is 1.20 bits per heavy atom. The van der Waals surface area contributed by atoms with Crippen molar-refractivity contribution in [3.05, 3.63) is 23.3 Å². The lowest BCUT2D eigenvalue weighted by molar-refractivity contribution is -0.135. The molecule has 1 aromatic rings. The van der Waals surface area contributed by atoms with Crippen LogP contribution < -0.4 is 15.8 Å². The molecular weight excluding hydrogens is 581 g/mol. The molecule has 0 saturated carbocycles. The molecule has 0 aromatic heterocycles. The Labute approximate surface area is 239 Å². The van der Waals surface area contributed by atoms with Crippen molar-refractivity contribution in [3.63, 3.8) is 0 Å². The number of carbonyl (C=O) groups is 1. The largest absolute Gasteiger partial charge is 0.422 e. The second-order valence-corrected chi connectivity index (χ2v) is 8.49. The van der Waals surface area contributed by atoms with E-state index in [1.54, 1.807) is 9.24 Å². The average molecular weight is 622 g/mol. The number of ether oxygens (including phenoxy) is 9. The summed E-state index contributed by atoms with van der Waals surface area (Å²) in [5.74, 6) is -9.55. The minimum atomic E-state index is -2.07. The van der Waals surface area contributed by atoms with Gasteiger partial charge in [-0.3, -0.25) is 4.79 Å². The topological polar surface area (TPSA) is 126 Å². The highest BCUT2D eigenvalue weighted by Gasteiger charge is 2.25. The van der Waals surface area contributed by atoms with Crippen molar-refractivity contribution in [2.75, 3.05) is 112 Å². The lowest BCUT2D eigenvalue weighted by Gasteiger charge is -2.11. The minimum Gasteiger partial charge on any atom is -0.422 e. The first-order valence-electron chi connectivity index (χ1n) is 13.0. The molecule has 11 nitrogen and oxygen atoms in total. The summed E-state index contributed by atoms with van der Waals surface area (Å²) in [6.07, 6.45) is -0.325. The van der Waals surface area contributed by atoms with E-state index in [0.29, 0.717) is 92.4 Å². The van der Waals surface area contributed by atoms with E-state index in [1.807, 2.05) is 0 Å². The zero-order valence-electron chi connectivity index (χ0n) is 23.0. The Kier molecular flexibility index (Phi) is 22.9. The van der Waals surface area contributed by atoms with E-state index in [4.69, 9.17) is 43.6 Å². The molecule has 0 amide bonds. The number of carbonyl (C=O) groups excluding carboxylic acids is 1. The van der Waals surface area contributed by atoms with Crippen LogP contribution >= 0.6 is 9.24 Å². The van der Waals surface area contributed by atoms with Crippen LogP contribution in [0.2, 0.25) is 0 Å². The summed E-state index contributed by atoms with van der Waals surface area (Å²) in [5, 5.41) is -0.733. The molecule has 1 rings (SSSR count). The zero-order chi connectivity index (χ0) is 30.1. The Balaban J connectivity index is 1.83. The summed E-state index contributed by atoms with van der Waals surface area (Å²) in [6, 6.07) is 0. The van der Waals surface area contributed by atoms with Crippen LogP contribution in [0.5, 0.6) is 5.75 Å². The van der Waals surface area contributed by atoms with Gasteiger partial charge in [0.2, 0.25) is 11.6 Å². The van der Waals surface area contributed by atoms with Crippen LogP contribution in [-0.2, 0) is 42.7 Å². The highest BCUT2D eigenvalue weighted by Crippen LogP contribution is 2.25. The first kappa shape index (κ1) is 37.5. The molecular formula is C25H40F4NO10P. The van der Waals surface area contributed by atoms with Crippen LogP contribution in [0.4, 0.5) is 17.6 Å². The van der Waals surface area contributed by atoms with Gasteiger partial charge in [0.05, 0.1) is 117 Å². The monoisotopic (exact) mass is 621 g/mol. The number of benzene rings is 1. The molecule has 0 fully saturated rings. The third-order valence-electron chi connectivity index (χ3n) is 4.79. The fourth-order valence-corrected chi connectivity index (χ4v) is 3.09. The second-order valence-electron chi connectivity index (χ2n) is 7.91. The van der Waals surface area contributed by atoms with Gasteiger partial charge in [-0.25, -0.2) is 13.2 Å². The van der Waals surface area contributed by atoms with Crippen molar-refractivity contribution < 1.29 is 65.0 Å². The SMILES string of the molecule is NCCOCCOCCOCCOCCOCCOCCOCCOCCC(=O)Oc1c(F)c(F)c(F)c(F)c1P. The van der Waals surface area contributed by atoms with Gasteiger partial charge in [0, 0.05) is 6.54 Å². The van der Waals surface area contributed by atoms with Crippen molar-refractivity contribution in [2.24, 2.45) is 5.73 Å². The second kappa shape index (κ2) is 25.0. The van der Waals surface area contributed by atoms with Gasteiger partial charge in [-0.2, -0.15) is 4.39 Å². The summed E-state index contributed by atoms with van der Waals surface area (Å²) in [6.45, 7) is 6.58. The molecule has 1 unspecified atom stereocenters. The maximum absolute atomic E-state index is 13.7.